The maximum Gasteiger partial charge on any atom is 0.463 e. The minimum Gasteiger partial charge on any atom is -0.403 e. The molecule has 1 aromatic carbocycles. The fourth-order valence-corrected chi connectivity index (χ4v) is 2.51. The van der Waals surface area contributed by atoms with Crippen LogP contribution < -0.4 is 0 Å². The van der Waals surface area contributed by atoms with E-state index < -0.39 is 0 Å². The zero-order valence-corrected chi connectivity index (χ0v) is 12.8. The molecule has 108 valence electrons. The van der Waals surface area contributed by atoms with Gasteiger partial charge in [-0.1, -0.05) is 30.3 Å². The summed E-state index contributed by atoms with van der Waals surface area (Å²) in [6.07, 6.45) is 1.30. The van der Waals surface area contributed by atoms with Gasteiger partial charge in [0.2, 0.25) is 0 Å². The number of hydrogen-bond acceptors (Lipinski definition) is 3. The van der Waals surface area contributed by atoms with Crippen LogP contribution in [0.25, 0.3) is 0 Å². The highest BCUT2D eigenvalue weighted by molar-refractivity contribution is 6.49. The van der Waals surface area contributed by atoms with Crippen LogP contribution in [0, 0.1) is 0 Å². The number of rotatable bonds is 4. The average Bonchev–Trinajstić information content (AvgIpc) is 3.11. The summed E-state index contributed by atoms with van der Waals surface area (Å²) < 4.78 is 18.1. The van der Waals surface area contributed by atoms with E-state index in [9.17, 15) is 0 Å². The lowest BCUT2D eigenvalue weighted by Crippen LogP contribution is -2.41. The van der Waals surface area contributed by atoms with Crippen LogP contribution in [0.3, 0.4) is 0 Å². The van der Waals surface area contributed by atoms with Crippen molar-refractivity contribution in [3.63, 3.8) is 0 Å². The smallest absolute Gasteiger partial charge is 0.403 e. The number of ether oxygens (including phenoxy) is 1. The normalized spacial score (nSPS) is 30.5. The summed E-state index contributed by atoms with van der Waals surface area (Å²) in [7, 11) is -0.124. The van der Waals surface area contributed by atoms with Crippen molar-refractivity contribution < 1.29 is 14.0 Å². The Morgan fingerprint density at radius 3 is 2.30 bits per heavy atom. The van der Waals surface area contributed by atoms with E-state index in [0.29, 0.717) is 12.4 Å². The first-order valence-corrected chi connectivity index (χ1v) is 7.40. The summed E-state index contributed by atoms with van der Waals surface area (Å²) in [6, 6.07) is 10.3. The van der Waals surface area contributed by atoms with E-state index in [1.165, 1.54) is 5.56 Å². The lowest BCUT2D eigenvalue weighted by Gasteiger charge is -2.32. The summed E-state index contributed by atoms with van der Waals surface area (Å²) in [5, 5.41) is 0. The first-order valence-electron chi connectivity index (χ1n) is 7.40. The number of hydrogen-bond donors (Lipinski definition) is 0. The lowest BCUT2D eigenvalue weighted by atomic mass is 9.82. The Morgan fingerprint density at radius 1 is 1.10 bits per heavy atom. The van der Waals surface area contributed by atoms with E-state index in [-0.39, 0.29) is 24.4 Å². The molecule has 1 aliphatic carbocycles. The van der Waals surface area contributed by atoms with Crippen molar-refractivity contribution in [1.82, 2.24) is 0 Å². The quantitative estimate of drug-likeness (QED) is 0.787. The Bertz CT molecular complexity index is 456. The molecule has 0 N–H and O–H groups in total. The molecule has 0 amide bonds. The molecule has 0 aromatic heterocycles. The van der Waals surface area contributed by atoms with E-state index in [1.54, 1.807) is 0 Å². The molecule has 1 aromatic rings. The number of benzene rings is 1. The van der Waals surface area contributed by atoms with Gasteiger partial charge in [0.25, 0.3) is 0 Å². The van der Waals surface area contributed by atoms with Gasteiger partial charge in [0, 0.05) is 5.82 Å². The second kappa shape index (κ2) is 4.87. The van der Waals surface area contributed by atoms with Crippen LogP contribution in [0.1, 0.15) is 39.7 Å². The highest BCUT2D eigenvalue weighted by Crippen LogP contribution is 2.50. The van der Waals surface area contributed by atoms with Gasteiger partial charge in [0.1, 0.15) is 0 Å². The van der Waals surface area contributed by atoms with Gasteiger partial charge in [-0.05, 0) is 39.7 Å². The molecule has 1 saturated heterocycles. The average molecular weight is 274 g/mol. The molecule has 2 fully saturated rings. The monoisotopic (exact) mass is 274 g/mol. The highest BCUT2D eigenvalue weighted by atomic mass is 16.7. The lowest BCUT2D eigenvalue weighted by molar-refractivity contribution is 0.00578. The molecule has 0 unspecified atom stereocenters. The molecule has 1 saturated carbocycles. The molecule has 1 heterocycles. The van der Waals surface area contributed by atoms with Crippen LogP contribution in [0.15, 0.2) is 30.3 Å². The van der Waals surface area contributed by atoms with Gasteiger partial charge in [0.15, 0.2) is 0 Å². The largest absolute Gasteiger partial charge is 0.463 e. The molecular weight excluding hydrogens is 251 g/mol. The van der Waals surface area contributed by atoms with Crippen molar-refractivity contribution in [3.8, 4) is 0 Å². The summed E-state index contributed by atoms with van der Waals surface area (Å²) in [5.74, 6) is 0.375. The molecule has 2 atom stereocenters. The Labute approximate surface area is 121 Å². The summed E-state index contributed by atoms with van der Waals surface area (Å²) in [4.78, 5) is 0. The Balaban J connectivity index is 1.51. The third-order valence-corrected chi connectivity index (χ3v) is 4.71. The second-order valence-corrected chi connectivity index (χ2v) is 6.86. The van der Waals surface area contributed by atoms with Crippen molar-refractivity contribution in [2.45, 2.75) is 63.8 Å². The van der Waals surface area contributed by atoms with Crippen molar-refractivity contribution in [1.29, 1.82) is 0 Å². The Kier molecular flexibility index (Phi) is 3.43. The molecule has 3 nitrogen and oxygen atoms in total. The van der Waals surface area contributed by atoms with E-state index in [4.69, 9.17) is 14.0 Å². The molecule has 0 bridgehead atoms. The maximum absolute atomic E-state index is 6.07. The van der Waals surface area contributed by atoms with Crippen molar-refractivity contribution >= 4 is 7.12 Å². The van der Waals surface area contributed by atoms with Gasteiger partial charge in [-0.15, -0.1) is 0 Å². The molecule has 0 spiro atoms. The maximum atomic E-state index is 6.07. The highest BCUT2D eigenvalue weighted by Gasteiger charge is 2.60. The minimum atomic E-state index is -0.246. The third kappa shape index (κ3) is 2.65. The topological polar surface area (TPSA) is 27.7 Å². The predicted molar refractivity (Wildman–Crippen MR) is 79.5 cm³/mol. The Morgan fingerprint density at radius 2 is 1.70 bits per heavy atom. The van der Waals surface area contributed by atoms with Crippen LogP contribution in [-0.4, -0.2) is 24.4 Å². The standard InChI is InChI=1S/C16H23BO3/c1-15(2)16(3,4)20-17(19-15)13-10-14(13)18-11-12-8-6-5-7-9-12/h5-9,13-14H,10-11H2,1-4H3/t13-,14-/m0/s1. The van der Waals surface area contributed by atoms with Crippen LogP contribution in [0.2, 0.25) is 5.82 Å². The fourth-order valence-electron chi connectivity index (χ4n) is 2.51. The van der Waals surface area contributed by atoms with Gasteiger partial charge in [-0.3, -0.25) is 0 Å². The zero-order valence-electron chi connectivity index (χ0n) is 12.8. The van der Waals surface area contributed by atoms with Crippen LogP contribution >= 0.6 is 0 Å². The first-order chi connectivity index (χ1) is 9.39. The van der Waals surface area contributed by atoms with Gasteiger partial charge in [-0.2, -0.15) is 0 Å². The van der Waals surface area contributed by atoms with E-state index >= 15 is 0 Å². The Hall–Kier alpha value is -0.835. The second-order valence-electron chi connectivity index (χ2n) is 6.86. The molecular formula is C16H23BO3. The predicted octanol–water partition coefficient (Wildman–Crippen LogP) is 3.44. The third-order valence-electron chi connectivity index (χ3n) is 4.71. The SMILES string of the molecule is CC1(C)OB([C@H]2C[C@@H]2OCc2ccccc2)OC1(C)C. The van der Waals surface area contributed by atoms with Crippen molar-refractivity contribution in [2.75, 3.05) is 0 Å². The summed E-state index contributed by atoms with van der Waals surface area (Å²) >= 11 is 0. The minimum absolute atomic E-state index is 0.124. The van der Waals surface area contributed by atoms with Gasteiger partial charge >= 0.3 is 7.12 Å². The van der Waals surface area contributed by atoms with Gasteiger partial charge < -0.3 is 14.0 Å². The van der Waals surface area contributed by atoms with Gasteiger partial charge in [-0.25, -0.2) is 0 Å². The molecule has 3 rings (SSSR count). The van der Waals surface area contributed by atoms with Gasteiger partial charge in [0.05, 0.1) is 23.9 Å². The van der Waals surface area contributed by atoms with Crippen molar-refractivity contribution in [3.05, 3.63) is 35.9 Å². The van der Waals surface area contributed by atoms with Crippen LogP contribution in [0.4, 0.5) is 0 Å². The van der Waals surface area contributed by atoms with E-state index in [0.717, 1.165) is 6.42 Å². The summed E-state index contributed by atoms with van der Waals surface area (Å²) in [6.45, 7) is 9.04. The van der Waals surface area contributed by atoms with Crippen molar-refractivity contribution in [2.24, 2.45) is 0 Å². The first kappa shape index (κ1) is 14.1. The molecule has 2 aliphatic rings. The van der Waals surface area contributed by atoms with Crippen LogP contribution in [0.5, 0.6) is 0 Å². The molecule has 0 radical (unpaired) electrons. The fraction of sp³-hybridized carbons (Fsp3) is 0.625. The molecule has 20 heavy (non-hydrogen) atoms. The molecule has 4 heteroatoms. The summed E-state index contributed by atoms with van der Waals surface area (Å²) in [5.41, 5.74) is 0.723. The zero-order chi connectivity index (χ0) is 14.4. The van der Waals surface area contributed by atoms with E-state index in [1.807, 2.05) is 18.2 Å². The van der Waals surface area contributed by atoms with E-state index in [2.05, 4.69) is 39.8 Å². The molecule has 1 aliphatic heterocycles. The van der Waals surface area contributed by atoms with Crippen LogP contribution in [-0.2, 0) is 20.7 Å².